The molecule has 0 spiro atoms. The normalized spacial score (nSPS) is 11.7. The molecule has 0 unspecified atom stereocenters. The van der Waals surface area contributed by atoms with Gasteiger partial charge in [0.05, 0.1) is 10.0 Å². The van der Waals surface area contributed by atoms with Gasteiger partial charge in [0.25, 0.3) is 0 Å². The minimum Gasteiger partial charge on any atom is -0.234 e. The van der Waals surface area contributed by atoms with Crippen LogP contribution in [0, 0.1) is 0 Å². The molecule has 5 heteroatoms. The van der Waals surface area contributed by atoms with Crippen molar-refractivity contribution in [2.45, 2.75) is 0 Å². The summed E-state index contributed by atoms with van der Waals surface area (Å²) < 4.78 is 14.3. The maximum atomic E-state index is 14.3. The molecule has 22 heavy (non-hydrogen) atoms. The van der Waals surface area contributed by atoms with E-state index in [-0.39, 0.29) is 5.83 Å². The molecule has 3 rings (SSSR count). The number of hydrogen-bond acceptors (Lipinski definition) is 2. The molecule has 3 aromatic rings. The summed E-state index contributed by atoms with van der Waals surface area (Å²) in [4.78, 5) is 4.32. The number of halogens is 3. The van der Waals surface area contributed by atoms with Gasteiger partial charge in [0.15, 0.2) is 0 Å². The molecule has 0 bridgehead atoms. The zero-order valence-corrected chi connectivity index (χ0v) is 13.6. The van der Waals surface area contributed by atoms with Crippen molar-refractivity contribution in [3.8, 4) is 10.6 Å². The van der Waals surface area contributed by atoms with E-state index in [0.717, 1.165) is 11.1 Å². The van der Waals surface area contributed by atoms with Crippen molar-refractivity contribution < 1.29 is 4.39 Å². The van der Waals surface area contributed by atoms with Crippen LogP contribution in [0.1, 0.15) is 11.3 Å². The molecule has 2 aromatic carbocycles. The van der Waals surface area contributed by atoms with Crippen LogP contribution in [0.25, 0.3) is 22.5 Å². The third-order valence-electron chi connectivity index (χ3n) is 3.01. The van der Waals surface area contributed by atoms with Crippen LogP contribution in [0.15, 0.2) is 53.9 Å². The van der Waals surface area contributed by atoms with Gasteiger partial charge in [-0.25, -0.2) is 9.37 Å². The summed E-state index contributed by atoms with van der Waals surface area (Å²) in [7, 11) is 0. The predicted molar refractivity (Wildman–Crippen MR) is 93.0 cm³/mol. The van der Waals surface area contributed by atoms with Gasteiger partial charge in [-0.05, 0) is 23.8 Å². The molecule has 0 radical (unpaired) electrons. The van der Waals surface area contributed by atoms with Crippen molar-refractivity contribution in [2.75, 3.05) is 0 Å². The van der Waals surface area contributed by atoms with Crippen LogP contribution in [0.4, 0.5) is 4.39 Å². The molecule has 110 valence electrons. The van der Waals surface area contributed by atoms with Gasteiger partial charge in [-0.15, -0.1) is 11.3 Å². The molecule has 0 aliphatic carbocycles. The zero-order chi connectivity index (χ0) is 15.5. The molecule has 0 fully saturated rings. The molecule has 1 heterocycles. The van der Waals surface area contributed by atoms with Gasteiger partial charge in [0.2, 0.25) is 0 Å². The van der Waals surface area contributed by atoms with Gasteiger partial charge in [0.1, 0.15) is 16.5 Å². The van der Waals surface area contributed by atoms with E-state index in [1.54, 1.807) is 17.5 Å². The number of thiazole rings is 1. The fourth-order valence-corrected chi connectivity index (χ4v) is 3.02. The summed E-state index contributed by atoms with van der Waals surface area (Å²) in [6, 6.07) is 14.5. The number of hydrogen-bond donors (Lipinski definition) is 0. The van der Waals surface area contributed by atoms with Crippen LogP contribution >= 0.6 is 34.5 Å². The first-order valence-electron chi connectivity index (χ1n) is 6.47. The average Bonchev–Trinajstić information content (AvgIpc) is 3.01. The van der Waals surface area contributed by atoms with Gasteiger partial charge in [0, 0.05) is 10.9 Å². The van der Waals surface area contributed by atoms with Crippen molar-refractivity contribution in [3.63, 3.8) is 0 Å². The van der Waals surface area contributed by atoms with Crippen molar-refractivity contribution in [3.05, 3.63) is 75.2 Å². The third kappa shape index (κ3) is 3.38. The van der Waals surface area contributed by atoms with Crippen LogP contribution < -0.4 is 0 Å². The molecule has 1 aromatic heterocycles. The molecule has 0 saturated heterocycles. The van der Waals surface area contributed by atoms with E-state index in [1.165, 1.54) is 17.4 Å². The second-order valence-corrected chi connectivity index (χ2v) is 6.24. The van der Waals surface area contributed by atoms with Crippen molar-refractivity contribution in [1.29, 1.82) is 0 Å². The Bertz CT molecular complexity index is 828. The maximum absolute atomic E-state index is 14.3. The first kappa shape index (κ1) is 15.2. The predicted octanol–water partition coefficient (Wildman–Crippen LogP) is 6.58. The van der Waals surface area contributed by atoms with Crippen LogP contribution in [0.3, 0.4) is 0 Å². The van der Waals surface area contributed by atoms with Crippen LogP contribution in [-0.4, -0.2) is 4.98 Å². The molecule has 0 saturated carbocycles. The Balaban J connectivity index is 1.90. The smallest absolute Gasteiger partial charge is 0.150 e. The monoisotopic (exact) mass is 349 g/mol. The number of benzene rings is 2. The van der Waals surface area contributed by atoms with E-state index in [1.807, 2.05) is 36.4 Å². The Hall–Kier alpha value is -1.68. The Morgan fingerprint density at radius 2 is 1.82 bits per heavy atom. The SMILES string of the molecule is FC(=Cc1ccccc1)c1csc(-c2ccc(Cl)c(Cl)c2)n1. The van der Waals surface area contributed by atoms with Gasteiger partial charge in [-0.1, -0.05) is 59.6 Å². The van der Waals surface area contributed by atoms with E-state index in [9.17, 15) is 4.39 Å². The molecule has 0 aliphatic heterocycles. The lowest BCUT2D eigenvalue weighted by Crippen LogP contribution is -1.81. The summed E-state index contributed by atoms with van der Waals surface area (Å²) in [6.45, 7) is 0. The number of nitrogens with zero attached hydrogens (tertiary/aromatic N) is 1. The topological polar surface area (TPSA) is 12.9 Å². The highest BCUT2D eigenvalue weighted by molar-refractivity contribution is 7.13. The molecule has 0 N–H and O–H groups in total. The van der Waals surface area contributed by atoms with Crippen molar-refractivity contribution in [1.82, 2.24) is 4.98 Å². The Morgan fingerprint density at radius 1 is 1.05 bits per heavy atom. The first-order chi connectivity index (χ1) is 10.6. The highest BCUT2D eigenvalue weighted by Gasteiger charge is 2.10. The summed E-state index contributed by atoms with van der Waals surface area (Å²) in [5.74, 6) is -0.367. The summed E-state index contributed by atoms with van der Waals surface area (Å²) in [5.41, 5.74) is 1.93. The molecular formula is C17H10Cl2FNS. The quantitative estimate of drug-likeness (QED) is 0.520. The maximum Gasteiger partial charge on any atom is 0.150 e. The van der Waals surface area contributed by atoms with Gasteiger partial charge < -0.3 is 0 Å². The highest BCUT2D eigenvalue weighted by atomic mass is 35.5. The number of aromatic nitrogens is 1. The van der Waals surface area contributed by atoms with E-state index in [0.29, 0.717) is 20.7 Å². The molecular weight excluding hydrogens is 340 g/mol. The second-order valence-electron chi connectivity index (χ2n) is 4.57. The minimum absolute atomic E-state index is 0.315. The third-order valence-corrected chi connectivity index (χ3v) is 4.64. The van der Waals surface area contributed by atoms with Gasteiger partial charge in [-0.2, -0.15) is 0 Å². The Kier molecular flexibility index (Phi) is 4.57. The van der Waals surface area contributed by atoms with E-state index >= 15 is 0 Å². The van der Waals surface area contributed by atoms with E-state index in [2.05, 4.69) is 4.98 Å². The zero-order valence-electron chi connectivity index (χ0n) is 11.3. The minimum atomic E-state index is -0.367. The van der Waals surface area contributed by atoms with Crippen LogP contribution in [0.5, 0.6) is 0 Å². The molecule has 0 amide bonds. The average molecular weight is 350 g/mol. The Labute approximate surface area is 141 Å². The fourth-order valence-electron chi connectivity index (χ4n) is 1.91. The fraction of sp³-hybridized carbons (Fsp3) is 0. The number of rotatable bonds is 3. The first-order valence-corrected chi connectivity index (χ1v) is 8.10. The van der Waals surface area contributed by atoms with Crippen molar-refractivity contribution >= 4 is 46.4 Å². The van der Waals surface area contributed by atoms with E-state index in [4.69, 9.17) is 23.2 Å². The standard InChI is InChI=1S/C17H10Cl2FNS/c18-13-7-6-12(9-14(13)19)17-21-16(10-22-17)15(20)8-11-4-2-1-3-5-11/h1-10H. The highest BCUT2D eigenvalue weighted by Crippen LogP contribution is 2.32. The Morgan fingerprint density at radius 3 is 2.55 bits per heavy atom. The van der Waals surface area contributed by atoms with Crippen molar-refractivity contribution in [2.24, 2.45) is 0 Å². The molecule has 1 nitrogen and oxygen atoms in total. The lowest BCUT2D eigenvalue weighted by atomic mass is 10.2. The lowest BCUT2D eigenvalue weighted by Gasteiger charge is -1.99. The lowest BCUT2D eigenvalue weighted by molar-refractivity contribution is 0.759. The van der Waals surface area contributed by atoms with Gasteiger partial charge in [-0.3, -0.25) is 0 Å². The van der Waals surface area contributed by atoms with Crippen LogP contribution in [-0.2, 0) is 0 Å². The second kappa shape index (κ2) is 6.61. The summed E-state index contributed by atoms with van der Waals surface area (Å²) in [6.07, 6.45) is 1.47. The summed E-state index contributed by atoms with van der Waals surface area (Å²) in [5, 5.41) is 3.32. The van der Waals surface area contributed by atoms with E-state index < -0.39 is 0 Å². The van der Waals surface area contributed by atoms with Gasteiger partial charge >= 0.3 is 0 Å². The largest absolute Gasteiger partial charge is 0.234 e. The summed E-state index contributed by atoms with van der Waals surface area (Å²) >= 11 is 13.3. The van der Waals surface area contributed by atoms with Crippen LogP contribution in [0.2, 0.25) is 10.0 Å². The molecule has 0 atom stereocenters. The molecule has 0 aliphatic rings.